The molecule has 0 radical (unpaired) electrons. The van der Waals surface area contributed by atoms with Gasteiger partial charge in [0.25, 0.3) is 0 Å². The molecule has 3 atom stereocenters. The van der Waals surface area contributed by atoms with E-state index in [0.717, 1.165) is 31.4 Å². The Morgan fingerprint density at radius 2 is 2.17 bits per heavy atom. The number of benzene rings is 1. The molecule has 1 aromatic carbocycles. The molecule has 1 aliphatic heterocycles. The highest BCUT2D eigenvalue weighted by atomic mass is 35.5. The van der Waals surface area contributed by atoms with Gasteiger partial charge in [-0.1, -0.05) is 23.7 Å². The first-order valence-electron chi connectivity index (χ1n) is 6.47. The summed E-state index contributed by atoms with van der Waals surface area (Å²) in [5, 5.41) is 0.699. The highest BCUT2D eigenvalue weighted by molar-refractivity contribution is 6.33. The summed E-state index contributed by atoms with van der Waals surface area (Å²) in [4.78, 5) is 4.69. The lowest BCUT2D eigenvalue weighted by Crippen LogP contribution is -2.33. The van der Waals surface area contributed by atoms with Crippen molar-refractivity contribution < 1.29 is 4.74 Å². The third kappa shape index (κ3) is 2.13. The number of hydrogen-bond acceptors (Lipinski definition) is 3. The van der Waals surface area contributed by atoms with Gasteiger partial charge in [0.05, 0.1) is 16.6 Å². The Hall–Kier alpha value is -1.06. The molecule has 2 aliphatic rings. The minimum Gasteiger partial charge on any atom is -0.472 e. The molecule has 1 fully saturated rings. The van der Waals surface area contributed by atoms with Crippen molar-refractivity contribution in [1.82, 2.24) is 0 Å². The fourth-order valence-electron chi connectivity index (χ4n) is 2.78. The molecule has 0 saturated heterocycles. The molecular formula is C14H17ClN2O. The SMILES string of the molecule is NCC1CCC2OC(c3ccccc3Cl)=NC2C1. The molecule has 0 aromatic heterocycles. The molecule has 1 aromatic rings. The van der Waals surface area contributed by atoms with E-state index in [2.05, 4.69) is 0 Å². The van der Waals surface area contributed by atoms with Crippen LogP contribution in [0.3, 0.4) is 0 Å². The number of rotatable bonds is 2. The predicted octanol–water partition coefficient (Wildman–Crippen LogP) is 2.61. The molecule has 96 valence electrons. The van der Waals surface area contributed by atoms with E-state index in [9.17, 15) is 0 Å². The van der Waals surface area contributed by atoms with Gasteiger partial charge < -0.3 is 10.5 Å². The van der Waals surface area contributed by atoms with Gasteiger partial charge in [-0.15, -0.1) is 0 Å². The van der Waals surface area contributed by atoms with Gasteiger partial charge in [-0.05, 0) is 43.9 Å². The predicted molar refractivity (Wildman–Crippen MR) is 73.0 cm³/mol. The maximum atomic E-state index is 6.18. The zero-order chi connectivity index (χ0) is 12.5. The van der Waals surface area contributed by atoms with Crippen molar-refractivity contribution >= 4 is 17.5 Å². The van der Waals surface area contributed by atoms with Crippen molar-refractivity contribution in [3.05, 3.63) is 34.9 Å². The molecule has 0 amide bonds. The summed E-state index contributed by atoms with van der Waals surface area (Å²) < 4.78 is 5.95. The molecule has 3 unspecified atom stereocenters. The number of fused-ring (bicyclic) bond motifs is 1. The van der Waals surface area contributed by atoms with Crippen LogP contribution in [0.25, 0.3) is 0 Å². The second kappa shape index (κ2) is 4.90. The largest absolute Gasteiger partial charge is 0.472 e. The van der Waals surface area contributed by atoms with Gasteiger partial charge in [-0.3, -0.25) is 0 Å². The van der Waals surface area contributed by atoms with Crippen LogP contribution < -0.4 is 5.73 Å². The molecule has 3 rings (SSSR count). The smallest absolute Gasteiger partial charge is 0.218 e. The molecule has 18 heavy (non-hydrogen) atoms. The summed E-state index contributed by atoms with van der Waals surface area (Å²) in [6.45, 7) is 0.750. The fraction of sp³-hybridized carbons (Fsp3) is 0.500. The molecule has 3 nitrogen and oxygen atoms in total. The fourth-order valence-corrected chi connectivity index (χ4v) is 3.00. The summed E-state index contributed by atoms with van der Waals surface area (Å²) in [6.07, 6.45) is 3.45. The third-order valence-electron chi connectivity index (χ3n) is 3.85. The number of ether oxygens (including phenoxy) is 1. The first kappa shape index (κ1) is 12.0. The Labute approximate surface area is 112 Å². The molecule has 2 N–H and O–H groups in total. The van der Waals surface area contributed by atoms with Crippen LogP contribution in [0.5, 0.6) is 0 Å². The Bertz CT molecular complexity index is 475. The maximum absolute atomic E-state index is 6.18. The van der Waals surface area contributed by atoms with Crippen LogP contribution in [0.4, 0.5) is 0 Å². The summed E-state index contributed by atoms with van der Waals surface area (Å²) in [7, 11) is 0. The van der Waals surface area contributed by atoms with Crippen molar-refractivity contribution in [1.29, 1.82) is 0 Å². The highest BCUT2D eigenvalue weighted by Crippen LogP contribution is 2.34. The summed E-state index contributed by atoms with van der Waals surface area (Å²) >= 11 is 6.18. The van der Waals surface area contributed by atoms with Gasteiger partial charge in [0.15, 0.2) is 0 Å². The Morgan fingerprint density at radius 3 is 2.94 bits per heavy atom. The molecule has 0 bridgehead atoms. The summed E-state index contributed by atoms with van der Waals surface area (Å²) in [5.74, 6) is 1.29. The van der Waals surface area contributed by atoms with E-state index in [0.29, 0.717) is 16.8 Å². The van der Waals surface area contributed by atoms with Gasteiger partial charge >= 0.3 is 0 Å². The van der Waals surface area contributed by atoms with E-state index >= 15 is 0 Å². The van der Waals surface area contributed by atoms with Crippen LogP contribution >= 0.6 is 11.6 Å². The quantitative estimate of drug-likeness (QED) is 0.893. The summed E-state index contributed by atoms with van der Waals surface area (Å²) in [5.41, 5.74) is 6.65. The van der Waals surface area contributed by atoms with E-state index in [1.807, 2.05) is 24.3 Å². The van der Waals surface area contributed by atoms with Gasteiger partial charge in [0, 0.05) is 0 Å². The highest BCUT2D eigenvalue weighted by Gasteiger charge is 2.37. The molecule has 4 heteroatoms. The van der Waals surface area contributed by atoms with Gasteiger partial charge in [0.2, 0.25) is 5.90 Å². The second-order valence-corrected chi connectivity index (χ2v) is 5.46. The number of hydrogen-bond donors (Lipinski definition) is 1. The van der Waals surface area contributed by atoms with Crippen LogP contribution in [0, 0.1) is 5.92 Å². The van der Waals surface area contributed by atoms with Crippen molar-refractivity contribution in [2.45, 2.75) is 31.4 Å². The summed E-state index contributed by atoms with van der Waals surface area (Å²) in [6, 6.07) is 7.96. The standard InChI is InChI=1S/C14H17ClN2O/c15-11-4-2-1-3-10(11)14-17-12-7-9(8-16)5-6-13(12)18-14/h1-4,9,12-13H,5-8,16H2. The lowest BCUT2D eigenvalue weighted by atomic mass is 9.84. The zero-order valence-corrected chi connectivity index (χ0v) is 10.9. The lowest BCUT2D eigenvalue weighted by molar-refractivity contribution is 0.130. The van der Waals surface area contributed by atoms with Crippen molar-refractivity contribution in [3.8, 4) is 0 Å². The van der Waals surface area contributed by atoms with E-state index < -0.39 is 0 Å². The molecule has 1 heterocycles. The van der Waals surface area contributed by atoms with Crippen LogP contribution in [0.2, 0.25) is 5.02 Å². The van der Waals surface area contributed by atoms with Crippen molar-refractivity contribution in [3.63, 3.8) is 0 Å². The van der Waals surface area contributed by atoms with Crippen LogP contribution in [0.15, 0.2) is 29.3 Å². The van der Waals surface area contributed by atoms with Crippen LogP contribution in [-0.2, 0) is 4.74 Å². The average molecular weight is 265 g/mol. The van der Waals surface area contributed by atoms with E-state index in [-0.39, 0.29) is 12.1 Å². The van der Waals surface area contributed by atoms with Crippen molar-refractivity contribution in [2.75, 3.05) is 6.54 Å². The third-order valence-corrected chi connectivity index (χ3v) is 4.18. The Balaban J connectivity index is 1.82. The Kier molecular flexibility index (Phi) is 3.27. The molecule has 1 saturated carbocycles. The number of aliphatic imine (C=N–C) groups is 1. The van der Waals surface area contributed by atoms with Crippen LogP contribution in [-0.4, -0.2) is 24.6 Å². The van der Waals surface area contributed by atoms with Gasteiger partial charge in [-0.25, -0.2) is 4.99 Å². The zero-order valence-electron chi connectivity index (χ0n) is 10.2. The Morgan fingerprint density at radius 1 is 1.33 bits per heavy atom. The molecule has 1 aliphatic carbocycles. The van der Waals surface area contributed by atoms with Crippen molar-refractivity contribution in [2.24, 2.45) is 16.6 Å². The average Bonchev–Trinajstić information content (AvgIpc) is 2.81. The van der Waals surface area contributed by atoms with Gasteiger partial charge in [-0.2, -0.15) is 0 Å². The van der Waals surface area contributed by atoms with Crippen LogP contribution in [0.1, 0.15) is 24.8 Å². The first-order valence-corrected chi connectivity index (χ1v) is 6.85. The number of nitrogens with two attached hydrogens (primary N) is 1. The van der Waals surface area contributed by atoms with E-state index in [1.54, 1.807) is 0 Å². The maximum Gasteiger partial charge on any atom is 0.218 e. The normalized spacial score (nSPS) is 30.6. The minimum absolute atomic E-state index is 0.221. The van der Waals surface area contributed by atoms with E-state index in [1.165, 1.54) is 0 Å². The molecule has 0 spiro atoms. The second-order valence-electron chi connectivity index (χ2n) is 5.05. The number of nitrogens with zero attached hydrogens (tertiary/aromatic N) is 1. The van der Waals surface area contributed by atoms with Gasteiger partial charge in [0.1, 0.15) is 6.10 Å². The van der Waals surface area contributed by atoms with E-state index in [4.69, 9.17) is 27.1 Å². The number of halogens is 1. The first-order chi connectivity index (χ1) is 8.78. The minimum atomic E-state index is 0.221. The monoisotopic (exact) mass is 264 g/mol. The topological polar surface area (TPSA) is 47.6 Å². The lowest BCUT2D eigenvalue weighted by Gasteiger charge is -2.28. The molecular weight excluding hydrogens is 248 g/mol.